The second kappa shape index (κ2) is 10.6. The van der Waals surface area contributed by atoms with Crippen LogP contribution in [-0.4, -0.2) is 37.6 Å². The maximum Gasteiger partial charge on any atom is 0.416 e. The lowest BCUT2D eigenvalue weighted by Gasteiger charge is -2.25. The average molecular weight is 469 g/mol. The summed E-state index contributed by atoms with van der Waals surface area (Å²) in [5.74, 6) is -0.0899. The Balaban J connectivity index is 1.81. The average Bonchev–Trinajstić information content (AvgIpc) is 3.12. The van der Waals surface area contributed by atoms with Gasteiger partial charge in [0.05, 0.1) is 22.9 Å². The third-order valence-electron chi connectivity index (χ3n) is 6.15. The van der Waals surface area contributed by atoms with Gasteiger partial charge < -0.3 is 15.4 Å². The molecule has 1 unspecified atom stereocenters. The summed E-state index contributed by atoms with van der Waals surface area (Å²) in [6.07, 6.45) is -2.54. The zero-order valence-corrected chi connectivity index (χ0v) is 18.8. The van der Waals surface area contributed by atoms with Gasteiger partial charge in [0.15, 0.2) is 0 Å². The van der Waals surface area contributed by atoms with Crippen LogP contribution >= 0.6 is 11.6 Å². The van der Waals surface area contributed by atoms with Crippen molar-refractivity contribution in [3.8, 4) is 0 Å². The molecule has 0 spiro atoms. The maximum atomic E-state index is 13.6. The highest BCUT2D eigenvalue weighted by atomic mass is 35.5. The van der Waals surface area contributed by atoms with Gasteiger partial charge in [0, 0.05) is 26.6 Å². The number of nitrogens with zero attached hydrogens (tertiary/aromatic N) is 1. The quantitative estimate of drug-likeness (QED) is 0.513. The molecule has 0 aliphatic carbocycles. The number of amides is 1. The number of carbonyl (C=O) groups excluding carboxylic acids is 1. The Hall–Kier alpha value is -2.25. The molecule has 0 saturated carbocycles. The molecule has 174 valence electrons. The normalized spacial score (nSPS) is 17.7. The van der Waals surface area contributed by atoms with Crippen molar-refractivity contribution in [2.75, 3.05) is 32.5 Å². The molecule has 2 aromatic carbocycles. The number of ether oxygens (including phenoxy) is 1. The van der Waals surface area contributed by atoms with Crippen LogP contribution in [0, 0.1) is 11.8 Å². The Morgan fingerprint density at radius 3 is 2.69 bits per heavy atom. The van der Waals surface area contributed by atoms with Gasteiger partial charge in [-0.25, -0.2) is 0 Å². The monoisotopic (exact) mass is 468 g/mol. The van der Waals surface area contributed by atoms with Crippen LogP contribution in [0.3, 0.4) is 0 Å². The van der Waals surface area contributed by atoms with E-state index in [0.29, 0.717) is 49.7 Å². The first kappa shape index (κ1) is 24.4. The van der Waals surface area contributed by atoms with Gasteiger partial charge in [-0.3, -0.25) is 4.79 Å². The number of hydrogen-bond acceptors (Lipinski definition) is 3. The number of aryl methyl sites for hydroxylation is 1. The van der Waals surface area contributed by atoms with E-state index in [1.807, 2.05) is 6.07 Å². The smallest absolute Gasteiger partial charge is 0.398 e. The lowest BCUT2D eigenvalue weighted by molar-refractivity contribution is -0.138. The molecular weight excluding hydrogens is 441 g/mol. The van der Waals surface area contributed by atoms with E-state index in [1.165, 1.54) is 12.1 Å². The molecule has 4 nitrogen and oxygen atoms in total. The van der Waals surface area contributed by atoms with Crippen LogP contribution < -0.4 is 5.73 Å². The standard InChI is InChI=1S/C24H28ClF3N2O2/c1-32-11-10-30-15-19(14-23(30)31)17(8-6-16-7-9-22(29)21(25)12-16)13-18-4-2-3-5-20(18)24(26,27)28/h2-5,7,9,12,17,19H,6,8,10-11,13-15,29H2,1H3/t17?,19-/m0/s1. The minimum atomic E-state index is -4.42. The molecule has 0 radical (unpaired) electrons. The lowest BCUT2D eigenvalue weighted by atomic mass is 9.81. The van der Waals surface area contributed by atoms with Crippen LogP contribution in [0.2, 0.25) is 5.02 Å². The Kier molecular flexibility index (Phi) is 8.06. The van der Waals surface area contributed by atoms with Gasteiger partial charge in [-0.1, -0.05) is 35.9 Å². The van der Waals surface area contributed by atoms with E-state index in [2.05, 4.69) is 0 Å². The second-order valence-electron chi connectivity index (χ2n) is 8.31. The van der Waals surface area contributed by atoms with Gasteiger partial charge in [0.1, 0.15) is 0 Å². The Morgan fingerprint density at radius 1 is 1.25 bits per heavy atom. The number of anilines is 1. The zero-order chi connectivity index (χ0) is 23.3. The Bertz CT molecular complexity index is 936. The zero-order valence-electron chi connectivity index (χ0n) is 18.0. The number of rotatable bonds is 9. The van der Waals surface area contributed by atoms with Gasteiger partial charge in [0.2, 0.25) is 5.91 Å². The van der Waals surface area contributed by atoms with Gasteiger partial charge in [0.25, 0.3) is 0 Å². The third kappa shape index (κ3) is 6.17. The summed E-state index contributed by atoms with van der Waals surface area (Å²) in [5.41, 5.74) is 6.90. The number of likely N-dealkylation sites (tertiary alicyclic amines) is 1. The van der Waals surface area contributed by atoms with E-state index in [0.717, 1.165) is 11.6 Å². The fourth-order valence-electron chi connectivity index (χ4n) is 4.38. The number of nitrogen functional groups attached to an aromatic ring is 1. The summed E-state index contributed by atoms with van der Waals surface area (Å²) in [4.78, 5) is 14.2. The molecule has 8 heteroatoms. The van der Waals surface area contributed by atoms with Crippen LogP contribution in [0.4, 0.5) is 18.9 Å². The first-order valence-electron chi connectivity index (χ1n) is 10.6. The lowest BCUT2D eigenvalue weighted by Crippen LogP contribution is -2.30. The van der Waals surface area contributed by atoms with Crippen LogP contribution in [0.25, 0.3) is 0 Å². The van der Waals surface area contributed by atoms with E-state index in [9.17, 15) is 18.0 Å². The van der Waals surface area contributed by atoms with Crippen molar-refractivity contribution in [2.45, 2.75) is 31.9 Å². The summed E-state index contributed by atoms with van der Waals surface area (Å²) < 4.78 is 45.8. The second-order valence-corrected chi connectivity index (χ2v) is 8.72. The Labute approximate surface area is 191 Å². The van der Waals surface area contributed by atoms with Crippen molar-refractivity contribution in [3.63, 3.8) is 0 Å². The minimum Gasteiger partial charge on any atom is -0.398 e. The molecule has 1 saturated heterocycles. The predicted molar refractivity (Wildman–Crippen MR) is 119 cm³/mol. The molecule has 32 heavy (non-hydrogen) atoms. The Morgan fingerprint density at radius 2 is 2.00 bits per heavy atom. The molecule has 2 atom stereocenters. The third-order valence-corrected chi connectivity index (χ3v) is 6.48. The highest BCUT2D eigenvalue weighted by molar-refractivity contribution is 6.33. The van der Waals surface area contributed by atoms with E-state index in [-0.39, 0.29) is 29.7 Å². The SMILES string of the molecule is COCCN1C[C@@H](C(CCc2ccc(N)c(Cl)c2)Cc2ccccc2C(F)(F)F)CC1=O. The largest absolute Gasteiger partial charge is 0.416 e. The van der Waals surface area contributed by atoms with E-state index in [4.69, 9.17) is 22.1 Å². The molecule has 1 fully saturated rings. The van der Waals surface area contributed by atoms with Crippen molar-refractivity contribution in [1.82, 2.24) is 4.90 Å². The van der Waals surface area contributed by atoms with Crippen LogP contribution in [0.5, 0.6) is 0 Å². The van der Waals surface area contributed by atoms with Crippen LogP contribution in [-0.2, 0) is 28.5 Å². The van der Waals surface area contributed by atoms with Gasteiger partial charge in [-0.2, -0.15) is 13.2 Å². The highest BCUT2D eigenvalue weighted by Crippen LogP contribution is 2.37. The first-order chi connectivity index (χ1) is 15.2. The molecule has 1 amide bonds. The van der Waals surface area contributed by atoms with E-state index < -0.39 is 11.7 Å². The van der Waals surface area contributed by atoms with E-state index in [1.54, 1.807) is 30.2 Å². The number of benzene rings is 2. The van der Waals surface area contributed by atoms with E-state index >= 15 is 0 Å². The summed E-state index contributed by atoms with van der Waals surface area (Å²) in [6.45, 7) is 1.46. The number of halogens is 4. The fraction of sp³-hybridized carbons (Fsp3) is 0.458. The summed E-state index contributed by atoms with van der Waals surface area (Å²) in [7, 11) is 1.58. The van der Waals surface area contributed by atoms with Crippen LogP contribution in [0.15, 0.2) is 42.5 Å². The minimum absolute atomic E-state index is 0.0232. The summed E-state index contributed by atoms with van der Waals surface area (Å²) >= 11 is 6.13. The maximum absolute atomic E-state index is 13.6. The fourth-order valence-corrected chi connectivity index (χ4v) is 4.58. The molecule has 2 N–H and O–H groups in total. The molecule has 1 heterocycles. The van der Waals surface area contributed by atoms with Crippen molar-refractivity contribution in [2.24, 2.45) is 11.8 Å². The highest BCUT2D eigenvalue weighted by Gasteiger charge is 2.37. The topological polar surface area (TPSA) is 55.6 Å². The number of hydrogen-bond donors (Lipinski definition) is 1. The summed E-state index contributed by atoms with van der Waals surface area (Å²) in [6, 6.07) is 11.1. The first-order valence-corrected chi connectivity index (χ1v) is 11.0. The van der Waals surface area contributed by atoms with Gasteiger partial charge in [-0.15, -0.1) is 0 Å². The van der Waals surface area contributed by atoms with Crippen molar-refractivity contribution < 1.29 is 22.7 Å². The van der Waals surface area contributed by atoms with Crippen molar-refractivity contribution >= 4 is 23.2 Å². The molecular formula is C24H28ClF3N2O2. The molecule has 2 aromatic rings. The van der Waals surface area contributed by atoms with Crippen LogP contribution in [0.1, 0.15) is 29.5 Å². The molecule has 0 bridgehead atoms. The van der Waals surface area contributed by atoms with Crippen molar-refractivity contribution in [1.29, 1.82) is 0 Å². The molecule has 1 aliphatic rings. The molecule has 3 rings (SSSR count). The number of alkyl halides is 3. The van der Waals surface area contributed by atoms with Crippen molar-refractivity contribution in [3.05, 3.63) is 64.2 Å². The molecule has 1 aliphatic heterocycles. The van der Waals surface area contributed by atoms with Gasteiger partial charge >= 0.3 is 6.18 Å². The predicted octanol–water partition coefficient (Wildman–Crippen LogP) is 5.23. The number of nitrogens with two attached hydrogens (primary N) is 1. The molecule has 0 aromatic heterocycles. The number of carbonyl (C=O) groups is 1. The summed E-state index contributed by atoms with van der Waals surface area (Å²) in [5, 5.41) is 0.461. The number of methoxy groups -OCH3 is 1. The van der Waals surface area contributed by atoms with Gasteiger partial charge in [-0.05, 0) is 60.4 Å².